The molecule has 0 N–H and O–H groups in total. The third-order valence-corrected chi connectivity index (χ3v) is 4.24. The smallest absolute Gasteiger partial charge is 0.0110 e. The lowest BCUT2D eigenvalue weighted by Gasteiger charge is -2.32. The minimum Gasteiger partial charge on any atom is -0.304 e. The van der Waals surface area contributed by atoms with Crippen molar-refractivity contribution in [2.45, 2.75) is 32.1 Å². The zero-order valence-electron chi connectivity index (χ0n) is 11.5. The van der Waals surface area contributed by atoms with Crippen molar-refractivity contribution < 1.29 is 0 Å². The van der Waals surface area contributed by atoms with Crippen LogP contribution in [0, 0.1) is 0 Å². The van der Waals surface area contributed by atoms with Crippen LogP contribution in [0.3, 0.4) is 0 Å². The van der Waals surface area contributed by atoms with E-state index in [0.29, 0.717) is 0 Å². The highest BCUT2D eigenvalue weighted by molar-refractivity contribution is 4.70. The minimum absolute atomic E-state index is 1.25. The van der Waals surface area contributed by atoms with Crippen molar-refractivity contribution in [3.05, 3.63) is 0 Å². The lowest BCUT2D eigenvalue weighted by Crippen LogP contribution is -2.45. The molecular formula is C14H29N3. The Morgan fingerprint density at radius 2 is 1.18 bits per heavy atom. The van der Waals surface area contributed by atoms with Crippen molar-refractivity contribution in [2.75, 3.05) is 59.4 Å². The molecule has 0 unspecified atom stereocenters. The van der Waals surface area contributed by atoms with Crippen LogP contribution in [-0.2, 0) is 0 Å². The van der Waals surface area contributed by atoms with E-state index in [2.05, 4.69) is 21.7 Å². The molecule has 3 heteroatoms. The first-order valence-electron chi connectivity index (χ1n) is 7.48. The van der Waals surface area contributed by atoms with Crippen LogP contribution in [0.5, 0.6) is 0 Å². The van der Waals surface area contributed by atoms with Crippen molar-refractivity contribution in [3.8, 4) is 0 Å². The second-order valence-electron chi connectivity index (χ2n) is 5.75. The zero-order valence-corrected chi connectivity index (χ0v) is 11.5. The third kappa shape index (κ3) is 4.94. The van der Waals surface area contributed by atoms with Crippen LogP contribution < -0.4 is 0 Å². The molecule has 0 spiro atoms. The molecule has 2 rings (SSSR count). The highest BCUT2D eigenvalue weighted by atomic mass is 15.2. The predicted molar refractivity (Wildman–Crippen MR) is 73.5 cm³/mol. The van der Waals surface area contributed by atoms with Crippen LogP contribution in [0.2, 0.25) is 0 Å². The van der Waals surface area contributed by atoms with E-state index in [0.717, 1.165) is 0 Å². The third-order valence-electron chi connectivity index (χ3n) is 4.24. The van der Waals surface area contributed by atoms with Gasteiger partial charge in [0.1, 0.15) is 0 Å². The Bertz CT molecular complexity index is 192. The fourth-order valence-corrected chi connectivity index (χ4v) is 2.95. The molecule has 2 aliphatic heterocycles. The summed E-state index contributed by atoms with van der Waals surface area (Å²) in [5.74, 6) is 0. The van der Waals surface area contributed by atoms with Crippen LogP contribution in [0.15, 0.2) is 0 Å². The van der Waals surface area contributed by atoms with Gasteiger partial charge in [-0.3, -0.25) is 0 Å². The van der Waals surface area contributed by atoms with Gasteiger partial charge in [-0.1, -0.05) is 12.8 Å². The Morgan fingerprint density at radius 3 is 1.76 bits per heavy atom. The van der Waals surface area contributed by atoms with Crippen molar-refractivity contribution in [1.29, 1.82) is 0 Å². The summed E-state index contributed by atoms with van der Waals surface area (Å²) >= 11 is 0. The van der Waals surface area contributed by atoms with Crippen molar-refractivity contribution >= 4 is 0 Å². The van der Waals surface area contributed by atoms with E-state index < -0.39 is 0 Å². The molecule has 2 saturated heterocycles. The maximum atomic E-state index is 2.68. The average Bonchev–Trinajstić information content (AvgIpc) is 2.60. The summed E-state index contributed by atoms with van der Waals surface area (Å²) in [6.45, 7) is 10.4. The van der Waals surface area contributed by atoms with Gasteiger partial charge in [-0.05, 0) is 52.5 Å². The van der Waals surface area contributed by atoms with Gasteiger partial charge in [0.15, 0.2) is 0 Å². The summed E-state index contributed by atoms with van der Waals surface area (Å²) in [6.07, 6.45) is 7.12. The Balaban J connectivity index is 1.55. The lowest BCUT2D eigenvalue weighted by molar-refractivity contribution is 0.146. The van der Waals surface area contributed by atoms with Crippen LogP contribution in [0.1, 0.15) is 32.1 Å². The number of hydrogen-bond donors (Lipinski definition) is 0. The number of likely N-dealkylation sites (N-methyl/N-ethyl adjacent to an activating group) is 1. The van der Waals surface area contributed by atoms with E-state index in [4.69, 9.17) is 0 Å². The monoisotopic (exact) mass is 239 g/mol. The number of hydrogen-bond acceptors (Lipinski definition) is 3. The fourth-order valence-electron chi connectivity index (χ4n) is 2.95. The molecule has 17 heavy (non-hydrogen) atoms. The summed E-state index contributed by atoms with van der Waals surface area (Å²) in [5.41, 5.74) is 0. The van der Waals surface area contributed by atoms with Gasteiger partial charge in [0.05, 0.1) is 0 Å². The van der Waals surface area contributed by atoms with Crippen molar-refractivity contribution in [2.24, 2.45) is 0 Å². The molecule has 0 amide bonds. The number of nitrogens with zero attached hydrogens (tertiary/aromatic N) is 3. The molecule has 100 valence electrons. The topological polar surface area (TPSA) is 9.72 Å². The van der Waals surface area contributed by atoms with Crippen LogP contribution in [0.25, 0.3) is 0 Å². The molecule has 3 nitrogen and oxygen atoms in total. The van der Waals surface area contributed by atoms with Gasteiger partial charge in [-0.2, -0.15) is 0 Å². The highest BCUT2D eigenvalue weighted by Gasteiger charge is 2.14. The first kappa shape index (κ1) is 13.3. The van der Waals surface area contributed by atoms with Gasteiger partial charge in [-0.15, -0.1) is 0 Å². The van der Waals surface area contributed by atoms with E-state index in [1.807, 2.05) is 0 Å². The molecule has 2 aliphatic rings. The van der Waals surface area contributed by atoms with E-state index in [9.17, 15) is 0 Å². The van der Waals surface area contributed by atoms with Gasteiger partial charge in [0, 0.05) is 26.2 Å². The average molecular weight is 239 g/mol. The van der Waals surface area contributed by atoms with Gasteiger partial charge in [0.2, 0.25) is 0 Å². The molecular weight excluding hydrogens is 210 g/mol. The summed E-state index contributed by atoms with van der Waals surface area (Å²) < 4.78 is 0. The molecule has 0 aromatic carbocycles. The SMILES string of the molecule is CN1CCN(CCCN2CCCCCC2)CC1. The summed E-state index contributed by atoms with van der Waals surface area (Å²) in [6, 6.07) is 0. The highest BCUT2D eigenvalue weighted by Crippen LogP contribution is 2.10. The van der Waals surface area contributed by atoms with Crippen LogP contribution in [0.4, 0.5) is 0 Å². The molecule has 0 aromatic rings. The Labute approximate surface area is 107 Å². The van der Waals surface area contributed by atoms with E-state index >= 15 is 0 Å². The van der Waals surface area contributed by atoms with Gasteiger partial charge in [0.25, 0.3) is 0 Å². The number of likely N-dealkylation sites (tertiary alicyclic amines) is 1. The minimum atomic E-state index is 1.25. The normalized spacial score (nSPS) is 25.9. The van der Waals surface area contributed by atoms with E-state index in [1.165, 1.54) is 84.5 Å². The van der Waals surface area contributed by atoms with E-state index in [-0.39, 0.29) is 0 Å². The number of piperazine rings is 1. The zero-order chi connectivity index (χ0) is 11.9. The Hall–Kier alpha value is -0.120. The maximum Gasteiger partial charge on any atom is 0.0110 e. The molecule has 0 aromatic heterocycles. The Morgan fingerprint density at radius 1 is 0.647 bits per heavy atom. The summed E-state index contributed by atoms with van der Waals surface area (Å²) in [4.78, 5) is 7.76. The van der Waals surface area contributed by atoms with Gasteiger partial charge >= 0.3 is 0 Å². The molecule has 0 radical (unpaired) electrons. The molecule has 2 fully saturated rings. The molecule has 2 heterocycles. The molecule has 0 saturated carbocycles. The van der Waals surface area contributed by atoms with Crippen LogP contribution >= 0.6 is 0 Å². The molecule has 0 aliphatic carbocycles. The second kappa shape index (κ2) is 7.34. The van der Waals surface area contributed by atoms with Crippen molar-refractivity contribution in [3.63, 3.8) is 0 Å². The van der Waals surface area contributed by atoms with Gasteiger partial charge in [-0.25, -0.2) is 0 Å². The second-order valence-corrected chi connectivity index (χ2v) is 5.75. The fraction of sp³-hybridized carbons (Fsp3) is 1.00. The van der Waals surface area contributed by atoms with Crippen molar-refractivity contribution in [1.82, 2.24) is 14.7 Å². The van der Waals surface area contributed by atoms with E-state index in [1.54, 1.807) is 0 Å². The largest absolute Gasteiger partial charge is 0.304 e. The first-order chi connectivity index (χ1) is 8.34. The standard InChI is InChI=1S/C14H29N3/c1-15-11-13-17(14-12-15)10-6-9-16-7-4-2-3-5-8-16/h2-14H2,1H3. The molecule has 0 atom stereocenters. The lowest BCUT2D eigenvalue weighted by atomic mass is 10.2. The summed E-state index contributed by atoms with van der Waals surface area (Å²) in [5, 5.41) is 0. The quantitative estimate of drug-likeness (QED) is 0.736. The predicted octanol–water partition coefficient (Wildman–Crippen LogP) is 1.50. The van der Waals surface area contributed by atoms with Crippen LogP contribution in [-0.4, -0.2) is 74.1 Å². The first-order valence-corrected chi connectivity index (χ1v) is 7.48. The Kier molecular flexibility index (Phi) is 5.75. The molecule has 0 bridgehead atoms. The summed E-state index contributed by atoms with van der Waals surface area (Å²) in [7, 11) is 2.23. The number of rotatable bonds is 4. The maximum absolute atomic E-state index is 2.68. The van der Waals surface area contributed by atoms with Gasteiger partial charge < -0.3 is 14.7 Å².